The molecule has 2 atom stereocenters. The maximum Gasteiger partial charge on any atom is 0.00833 e. The van der Waals surface area contributed by atoms with Crippen LogP contribution in [0.1, 0.15) is 54.8 Å². The molecule has 0 aliphatic rings. The predicted molar refractivity (Wildman–Crippen MR) is 79.2 cm³/mol. The van der Waals surface area contributed by atoms with Crippen molar-refractivity contribution >= 4 is 11.3 Å². The van der Waals surface area contributed by atoms with Crippen LogP contribution in [-0.2, 0) is 6.42 Å². The summed E-state index contributed by atoms with van der Waals surface area (Å²) in [5, 5.41) is 3.28. The summed E-state index contributed by atoms with van der Waals surface area (Å²) in [4.78, 5) is 3.08. The highest BCUT2D eigenvalue weighted by molar-refractivity contribution is 7.12. The summed E-state index contributed by atoms with van der Waals surface area (Å²) in [5.41, 5.74) is 1.57. The van der Waals surface area contributed by atoms with Gasteiger partial charge in [-0.1, -0.05) is 27.2 Å². The lowest BCUT2D eigenvalue weighted by Gasteiger charge is -2.13. The largest absolute Gasteiger partial charge is 0.319 e. The Balaban J connectivity index is 2.70. The van der Waals surface area contributed by atoms with Gasteiger partial charge in [-0.2, -0.15) is 0 Å². The molecular formula is C15H27NS. The van der Waals surface area contributed by atoms with Crippen molar-refractivity contribution in [1.29, 1.82) is 0 Å². The maximum atomic E-state index is 3.28. The van der Waals surface area contributed by atoms with E-state index in [0.717, 1.165) is 12.5 Å². The van der Waals surface area contributed by atoms with E-state index < -0.39 is 0 Å². The summed E-state index contributed by atoms with van der Waals surface area (Å²) in [5.74, 6) is 1.49. The maximum absolute atomic E-state index is 3.28. The van der Waals surface area contributed by atoms with Gasteiger partial charge in [0.15, 0.2) is 0 Å². The van der Waals surface area contributed by atoms with Crippen LogP contribution >= 0.6 is 11.3 Å². The Morgan fingerprint density at radius 2 is 2.06 bits per heavy atom. The van der Waals surface area contributed by atoms with Gasteiger partial charge in [0.2, 0.25) is 0 Å². The minimum absolute atomic E-state index is 0.636. The SMILES string of the molecule is CCC(C)CCc1sc(C)cc1C(C)CNC. The molecule has 1 N–H and O–H groups in total. The topological polar surface area (TPSA) is 12.0 Å². The number of hydrogen-bond donors (Lipinski definition) is 1. The van der Waals surface area contributed by atoms with Gasteiger partial charge in [0.25, 0.3) is 0 Å². The summed E-state index contributed by atoms with van der Waals surface area (Å²) >= 11 is 1.99. The minimum atomic E-state index is 0.636. The summed E-state index contributed by atoms with van der Waals surface area (Å²) in [6.07, 6.45) is 3.89. The molecule has 0 saturated heterocycles. The van der Waals surface area contributed by atoms with Gasteiger partial charge < -0.3 is 5.32 Å². The van der Waals surface area contributed by atoms with Crippen molar-refractivity contribution in [3.8, 4) is 0 Å². The number of aryl methyl sites for hydroxylation is 2. The second-order valence-corrected chi connectivity index (χ2v) is 6.59. The van der Waals surface area contributed by atoms with Crippen molar-refractivity contribution in [2.24, 2.45) is 5.92 Å². The lowest BCUT2D eigenvalue weighted by atomic mass is 9.96. The van der Waals surface area contributed by atoms with Crippen LogP contribution < -0.4 is 5.32 Å². The molecule has 0 fully saturated rings. The summed E-state index contributed by atoms with van der Waals surface area (Å²) < 4.78 is 0. The van der Waals surface area contributed by atoms with E-state index in [1.165, 1.54) is 24.1 Å². The normalized spacial score (nSPS) is 14.9. The summed E-state index contributed by atoms with van der Waals surface area (Å²) in [7, 11) is 2.04. The highest BCUT2D eigenvalue weighted by Crippen LogP contribution is 2.30. The predicted octanol–water partition coefficient (Wildman–Crippen LogP) is 4.36. The Bertz CT molecular complexity index is 330. The second kappa shape index (κ2) is 7.17. The molecule has 0 spiro atoms. The van der Waals surface area contributed by atoms with Crippen LogP contribution in [0, 0.1) is 12.8 Å². The van der Waals surface area contributed by atoms with E-state index in [2.05, 4.69) is 39.1 Å². The van der Waals surface area contributed by atoms with Crippen LogP contribution in [0.25, 0.3) is 0 Å². The summed E-state index contributed by atoms with van der Waals surface area (Å²) in [6.45, 7) is 10.3. The van der Waals surface area contributed by atoms with Gasteiger partial charge in [-0.3, -0.25) is 0 Å². The number of rotatable bonds is 7. The fourth-order valence-corrected chi connectivity index (χ4v) is 3.36. The first-order chi connectivity index (χ1) is 8.08. The Hall–Kier alpha value is -0.340. The Morgan fingerprint density at radius 3 is 2.65 bits per heavy atom. The van der Waals surface area contributed by atoms with Crippen molar-refractivity contribution < 1.29 is 0 Å². The number of nitrogens with one attached hydrogen (secondary N) is 1. The first kappa shape index (κ1) is 14.7. The van der Waals surface area contributed by atoms with Crippen molar-refractivity contribution in [3.05, 3.63) is 21.4 Å². The van der Waals surface area contributed by atoms with Crippen LogP contribution in [0.5, 0.6) is 0 Å². The van der Waals surface area contributed by atoms with Gasteiger partial charge in [0, 0.05) is 16.3 Å². The van der Waals surface area contributed by atoms with Crippen molar-refractivity contribution in [2.75, 3.05) is 13.6 Å². The molecule has 1 heterocycles. The van der Waals surface area contributed by atoms with Crippen molar-refractivity contribution in [1.82, 2.24) is 5.32 Å². The lowest BCUT2D eigenvalue weighted by molar-refractivity contribution is 0.516. The standard InChI is InChI=1S/C15H27NS/c1-6-11(2)7-8-15-14(9-13(4)17-15)12(3)10-16-5/h9,11-12,16H,6-8,10H2,1-5H3. The van der Waals surface area contributed by atoms with Crippen LogP contribution in [0.4, 0.5) is 0 Å². The monoisotopic (exact) mass is 253 g/mol. The van der Waals surface area contributed by atoms with Gasteiger partial charge in [0.05, 0.1) is 0 Å². The van der Waals surface area contributed by atoms with E-state index in [1.54, 1.807) is 10.4 Å². The highest BCUT2D eigenvalue weighted by atomic mass is 32.1. The molecular weight excluding hydrogens is 226 g/mol. The van der Waals surface area contributed by atoms with Crippen molar-refractivity contribution in [3.63, 3.8) is 0 Å². The fraction of sp³-hybridized carbons (Fsp3) is 0.733. The summed E-state index contributed by atoms with van der Waals surface area (Å²) in [6, 6.07) is 2.39. The van der Waals surface area contributed by atoms with Crippen LogP contribution in [0.3, 0.4) is 0 Å². The van der Waals surface area contributed by atoms with Gasteiger partial charge in [0.1, 0.15) is 0 Å². The average Bonchev–Trinajstić information content (AvgIpc) is 2.67. The molecule has 0 aliphatic heterocycles. The molecule has 1 nitrogen and oxygen atoms in total. The zero-order chi connectivity index (χ0) is 12.8. The molecule has 17 heavy (non-hydrogen) atoms. The minimum Gasteiger partial charge on any atom is -0.319 e. The number of thiophene rings is 1. The smallest absolute Gasteiger partial charge is 0.00833 e. The Labute approximate surface area is 111 Å². The molecule has 0 bridgehead atoms. The molecule has 98 valence electrons. The van der Waals surface area contributed by atoms with Crippen LogP contribution in [0.15, 0.2) is 6.07 Å². The Kier molecular flexibility index (Phi) is 6.21. The Morgan fingerprint density at radius 1 is 1.35 bits per heavy atom. The molecule has 2 heteroatoms. The average molecular weight is 253 g/mol. The number of hydrogen-bond acceptors (Lipinski definition) is 2. The third-order valence-corrected chi connectivity index (χ3v) is 4.69. The second-order valence-electron chi connectivity index (χ2n) is 5.25. The zero-order valence-corrected chi connectivity index (χ0v) is 12.8. The molecule has 0 radical (unpaired) electrons. The third-order valence-electron chi connectivity index (χ3n) is 3.57. The van der Waals surface area contributed by atoms with E-state index in [1.807, 2.05) is 18.4 Å². The molecule has 1 rings (SSSR count). The molecule has 2 unspecified atom stereocenters. The lowest BCUT2D eigenvalue weighted by Crippen LogP contribution is -2.15. The van der Waals surface area contributed by atoms with Gasteiger partial charge in [-0.05, 0) is 50.3 Å². The van der Waals surface area contributed by atoms with Gasteiger partial charge in [-0.15, -0.1) is 11.3 Å². The first-order valence-corrected chi connectivity index (χ1v) is 7.63. The molecule has 1 aromatic heterocycles. The quantitative estimate of drug-likeness (QED) is 0.761. The fourth-order valence-electron chi connectivity index (χ4n) is 2.19. The van der Waals surface area contributed by atoms with E-state index >= 15 is 0 Å². The molecule has 0 aromatic carbocycles. The third kappa shape index (κ3) is 4.44. The van der Waals surface area contributed by atoms with E-state index in [-0.39, 0.29) is 0 Å². The molecule has 0 saturated carbocycles. The van der Waals surface area contributed by atoms with E-state index in [0.29, 0.717) is 5.92 Å². The number of likely N-dealkylation sites (N-methyl/N-ethyl adjacent to an activating group) is 1. The van der Waals surface area contributed by atoms with E-state index in [9.17, 15) is 0 Å². The first-order valence-electron chi connectivity index (χ1n) is 6.82. The molecule has 0 amide bonds. The van der Waals surface area contributed by atoms with Gasteiger partial charge in [-0.25, -0.2) is 0 Å². The highest BCUT2D eigenvalue weighted by Gasteiger charge is 2.13. The zero-order valence-electron chi connectivity index (χ0n) is 12.0. The molecule has 0 aliphatic carbocycles. The van der Waals surface area contributed by atoms with Crippen LogP contribution in [-0.4, -0.2) is 13.6 Å². The molecule has 1 aromatic rings. The van der Waals surface area contributed by atoms with Crippen molar-refractivity contribution in [2.45, 2.75) is 52.9 Å². The van der Waals surface area contributed by atoms with E-state index in [4.69, 9.17) is 0 Å². The van der Waals surface area contributed by atoms with Gasteiger partial charge >= 0.3 is 0 Å². The van der Waals surface area contributed by atoms with Crippen LogP contribution in [0.2, 0.25) is 0 Å².